The zero-order valence-corrected chi connectivity index (χ0v) is 16.8. The van der Waals surface area contributed by atoms with E-state index in [0.29, 0.717) is 28.1 Å². The molecule has 4 aromatic rings. The van der Waals surface area contributed by atoms with Gasteiger partial charge in [0.05, 0.1) is 23.6 Å². The maximum Gasteiger partial charge on any atom is 0.263 e. The number of fused-ring (bicyclic) bond motifs is 1. The average molecular weight is 403 g/mol. The molecule has 0 saturated carbocycles. The standard InChI is InChI=1S/C23H18FN3OS/c1-14(2)21-26-22-20(19(13-29-22)17-6-8-18(24)9-7-17)23(28)27(21)12-16-5-3-4-15(10-16)11-25/h3-10,13-14H,12H2,1-2H3. The Morgan fingerprint density at radius 3 is 2.66 bits per heavy atom. The van der Waals surface area contributed by atoms with E-state index < -0.39 is 0 Å². The van der Waals surface area contributed by atoms with Gasteiger partial charge >= 0.3 is 0 Å². The molecule has 0 spiro atoms. The van der Waals surface area contributed by atoms with Crippen molar-refractivity contribution in [1.82, 2.24) is 9.55 Å². The van der Waals surface area contributed by atoms with E-state index in [-0.39, 0.29) is 17.3 Å². The van der Waals surface area contributed by atoms with Gasteiger partial charge in [-0.3, -0.25) is 9.36 Å². The molecule has 4 rings (SSSR count). The molecule has 2 aromatic carbocycles. The summed E-state index contributed by atoms with van der Waals surface area (Å²) < 4.78 is 15.0. The van der Waals surface area contributed by atoms with Crippen LogP contribution in [-0.4, -0.2) is 9.55 Å². The van der Waals surface area contributed by atoms with Crippen molar-refractivity contribution >= 4 is 21.6 Å². The Labute approximate surface area is 171 Å². The predicted octanol–water partition coefficient (Wildman–Crippen LogP) is 5.31. The third-order valence-electron chi connectivity index (χ3n) is 4.79. The molecule has 6 heteroatoms. The third-order valence-corrected chi connectivity index (χ3v) is 5.66. The molecule has 29 heavy (non-hydrogen) atoms. The second kappa shape index (κ2) is 7.61. The first-order valence-electron chi connectivity index (χ1n) is 9.25. The highest BCUT2D eigenvalue weighted by atomic mass is 32.1. The summed E-state index contributed by atoms with van der Waals surface area (Å²) >= 11 is 1.42. The van der Waals surface area contributed by atoms with Gasteiger partial charge in [0.25, 0.3) is 5.56 Å². The highest BCUT2D eigenvalue weighted by molar-refractivity contribution is 7.17. The van der Waals surface area contributed by atoms with Gasteiger partial charge in [0.1, 0.15) is 16.5 Å². The van der Waals surface area contributed by atoms with Crippen molar-refractivity contribution in [1.29, 1.82) is 5.26 Å². The van der Waals surface area contributed by atoms with Gasteiger partial charge < -0.3 is 0 Å². The SMILES string of the molecule is CC(C)c1nc2scc(-c3ccc(F)cc3)c2c(=O)n1Cc1cccc(C#N)c1. The molecule has 0 aliphatic carbocycles. The average Bonchev–Trinajstić information content (AvgIpc) is 3.15. The predicted molar refractivity (Wildman–Crippen MR) is 114 cm³/mol. The molecule has 0 fully saturated rings. The first kappa shape index (κ1) is 19.0. The normalized spacial score (nSPS) is 11.1. The number of nitriles is 1. The number of rotatable bonds is 4. The van der Waals surface area contributed by atoms with E-state index in [1.807, 2.05) is 31.4 Å². The number of nitrogens with zero attached hydrogens (tertiary/aromatic N) is 3. The van der Waals surface area contributed by atoms with E-state index in [1.165, 1.54) is 23.5 Å². The summed E-state index contributed by atoms with van der Waals surface area (Å²) in [5.74, 6) is 0.447. The molecule has 144 valence electrons. The topological polar surface area (TPSA) is 58.7 Å². The molecule has 0 N–H and O–H groups in total. The van der Waals surface area contributed by atoms with Gasteiger partial charge in [-0.25, -0.2) is 9.37 Å². The van der Waals surface area contributed by atoms with Crippen LogP contribution in [0.3, 0.4) is 0 Å². The summed E-state index contributed by atoms with van der Waals surface area (Å²) in [4.78, 5) is 19.0. The molecule has 0 atom stereocenters. The summed E-state index contributed by atoms with van der Waals surface area (Å²) in [6.45, 7) is 4.35. The monoisotopic (exact) mass is 403 g/mol. The van der Waals surface area contributed by atoms with E-state index in [9.17, 15) is 9.18 Å². The van der Waals surface area contributed by atoms with Gasteiger partial charge in [0.15, 0.2) is 0 Å². The van der Waals surface area contributed by atoms with Crippen LogP contribution in [0.2, 0.25) is 0 Å². The van der Waals surface area contributed by atoms with Crippen molar-refractivity contribution < 1.29 is 4.39 Å². The van der Waals surface area contributed by atoms with Gasteiger partial charge in [0, 0.05) is 16.9 Å². The van der Waals surface area contributed by atoms with E-state index in [0.717, 1.165) is 16.7 Å². The number of benzene rings is 2. The molecular formula is C23H18FN3OS. The Bertz CT molecular complexity index is 1300. The third kappa shape index (κ3) is 3.57. The molecular weight excluding hydrogens is 385 g/mol. The van der Waals surface area contributed by atoms with Gasteiger partial charge in [-0.15, -0.1) is 11.3 Å². The van der Waals surface area contributed by atoms with Crippen LogP contribution in [0, 0.1) is 17.1 Å². The molecule has 4 nitrogen and oxygen atoms in total. The lowest BCUT2D eigenvalue weighted by molar-refractivity contribution is 0.628. The van der Waals surface area contributed by atoms with Crippen LogP contribution in [0.4, 0.5) is 4.39 Å². The van der Waals surface area contributed by atoms with Crippen molar-refractivity contribution in [3.63, 3.8) is 0 Å². The Kier molecular flexibility index (Phi) is 4.99. The quantitative estimate of drug-likeness (QED) is 0.464. The lowest BCUT2D eigenvalue weighted by Crippen LogP contribution is -2.26. The van der Waals surface area contributed by atoms with Gasteiger partial charge in [0.2, 0.25) is 0 Å². The molecule has 2 heterocycles. The zero-order valence-electron chi connectivity index (χ0n) is 16.0. The minimum absolute atomic E-state index is 0.0580. The summed E-state index contributed by atoms with van der Waals surface area (Å²) in [6, 6.07) is 15.5. The molecule has 0 radical (unpaired) electrons. The highest BCUT2D eigenvalue weighted by Gasteiger charge is 2.19. The molecule has 0 saturated heterocycles. The van der Waals surface area contributed by atoms with E-state index in [4.69, 9.17) is 10.2 Å². The number of hydrogen-bond donors (Lipinski definition) is 0. The fraction of sp³-hybridized carbons (Fsp3) is 0.174. The maximum atomic E-state index is 13.5. The van der Waals surface area contributed by atoms with Crippen molar-refractivity contribution in [3.05, 3.63) is 87.0 Å². The smallest absolute Gasteiger partial charge is 0.263 e. The van der Waals surface area contributed by atoms with Crippen molar-refractivity contribution in [2.24, 2.45) is 0 Å². The lowest BCUT2D eigenvalue weighted by atomic mass is 10.1. The Morgan fingerprint density at radius 1 is 1.21 bits per heavy atom. The number of hydrogen-bond acceptors (Lipinski definition) is 4. The van der Waals surface area contributed by atoms with Gasteiger partial charge in [-0.05, 0) is 35.4 Å². The van der Waals surface area contributed by atoms with Crippen LogP contribution in [0.1, 0.15) is 36.7 Å². The summed E-state index contributed by atoms with van der Waals surface area (Å²) in [6.07, 6.45) is 0. The van der Waals surface area contributed by atoms with Crippen LogP contribution in [0.5, 0.6) is 0 Å². The number of halogens is 1. The second-order valence-electron chi connectivity index (χ2n) is 7.16. The van der Waals surface area contributed by atoms with Crippen LogP contribution < -0.4 is 5.56 Å². The summed E-state index contributed by atoms with van der Waals surface area (Å²) in [5, 5.41) is 11.6. The first-order valence-corrected chi connectivity index (χ1v) is 10.1. The van der Waals surface area contributed by atoms with Crippen molar-refractivity contribution in [2.45, 2.75) is 26.3 Å². The van der Waals surface area contributed by atoms with E-state index in [2.05, 4.69) is 6.07 Å². The van der Waals surface area contributed by atoms with Gasteiger partial charge in [-0.1, -0.05) is 38.1 Å². The minimum Gasteiger partial charge on any atom is -0.291 e. The van der Waals surface area contributed by atoms with E-state index in [1.54, 1.807) is 28.8 Å². The molecule has 0 aliphatic rings. The minimum atomic E-state index is -0.316. The first-order chi connectivity index (χ1) is 14.0. The van der Waals surface area contributed by atoms with Crippen LogP contribution in [0.25, 0.3) is 21.3 Å². The number of aromatic nitrogens is 2. The second-order valence-corrected chi connectivity index (χ2v) is 8.02. The number of thiophene rings is 1. The molecule has 0 amide bonds. The Morgan fingerprint density at radius 2 is 1.97 bits per heavy atom. The zero-order chi connectivity index (χ0) is 20.5. The summed E-state index contributed by atoms with van der Waals surface area (Å²) in [7, 11) is 0. The molecule has 0 unspecified atom stereocenters. The van der Waals surface area contributed by atoms with Crippen LogP contribution in [-0.2, 0) is 6.54 Å². The fourth-order valence-corrected chi connectivity index (χ4v) is 4.34. The van der Waals surface area contributed by atoms with Crippen LogP contribution >= 0.6 is 11.3 Å². The molecule has 0 bridgehead atoms. The largest absolute Gasteiger partial charge is 0.291 e. The fourth-order valence-electron chi connectivity index (χ4n) is 3.40. The van der Waals surface area contributed by atoms with Crippen LogP contribution in [0.15, 0.2) is 58.7 Å². The Balaban J connectivity index is 1.92. The van der Waals surface area contributed by atoms with Gasteiger partial charge in [-0.2, -0.15) is 5.26 Å². The molecule has 2 aromatic heterocycles. The maximum absolute atomic E-state index is 13.5. The molecule has 0 aliphatic heterocycles. The van der Waals surface area contributed by atoms with Crippen molar-refractivity contribution in [3.8, 4) is 17.2 Å². The summed E-state index contributed by atoms with van der Waals surface area (Å²) in [5.41, 5.74) is 2.84. The highest BCUT2D eigenvalue weighted by Crippen LogP contribution is 2.32. The van der Waals surface area contributed by atoms with Crippen molar-refractivity contribution in [2.75, 3.05) is 0 Å². The lowest BCUT2D eigenvalue weighted by Gasteiger charge is -2.15. The Hall–Kier alpha value is -3.30. The van der Waals surface area contributed by atoms with E-state index >= 15 is 0 Å².